The molecule has 3 N–H and O–H groups in total. The molecule has 17 heavy (non-hydrogen) atoms. The highest BCUT2D eigenvalue weighted by atomic mass is 16.6. The lowest BCUT2D eigenvalue weighted by molar-refractivity contribution is -0.384. The number of phenols is 1. The Labute approximate surface area is 95.3 Å². The molecule has 1 aromatic carbocycles. The molecule has 0 aromatic heterocycles. The summed E-state index contributed by atoms with van der Waals surface area (Å²) in [7, 11) is 0. The van der Waals surface area contributed by atoms with Gasteiger partial charge in [-0.25, -0.2) is 0 Å². The molecule has 0 aliphatic heterocycles. The Hall–Kier alpha value is -2.70. The second-order valence-corrected chi connectivity index (χ2v) is 3.08. The maximum atomic E-state index is 10.6. The van der Waals surface area contributed by atoms with E-state index in [4.69, 9.17) is 5.73 Å². The first kappa shape index (κ1) is 12.4. The predicted octanol–water partition coefficient (Wildman–Crippen LogP) is 0.611. The highest BCUT2D eigenvalue weighted by molar-refractivity contribution is 5.92. The summed E-state index contributed by atoms with van der Waals surface area (Å²) in [5.41, 5.74) is 4.22. The van der Waals surface area contributed by atoms with Crippen LogP contribution < -0.4 is 5.73 Å². The molecular formula is C10H8N2O5. The number of hydrogen-bond donors (Lipinski definition) is 2. The van der Waals surface area contributed by atoms with Gasteiger partial charge in [0, 0.05) is 23.8 Å². The van der Waals surface area contributed by atoms with Crippen LogP contribution in [0.4, 0.5) is 5.69 Å². The minimum absolute atomic E-state index is 0.0277. The van der Waals surface area contributed by atoms with Crippen LogP contribution in [0.1, 0.15) is 15.9 Å². The van der Waals surface area contributed by atoms with Crippen molar-refractivity contribution in [2.45, 2.75) is 0 Å². The number of amides is 1. The van der Waals surface area contributed by atoms with Crippen molar-refractivity contribution in [3.63, 3.8) is 0 Å². The largest absolute Gasteiger partial charge is 0.507 e. The topological polar surface area (TPSA) is 124 Å². The fourth-order valence-electron chi connectivity index (χ4n) is 1.16. The smallest absolute Gasteiger partial charge is 0.271 e. The van der Waals surface area contributed by atoms with E-state index in [9.17, 15) is 24.8 Å². The van der Waals surface area contributed by atoms with Crippen LogP contribution >= 0.6 is 0 Å². The standard InChI is InChI=1S/C10H8N2O5/c11-9(14)2-1-6-3-8(12(16)17)4-7(5-13)10(6)15/h1-5,15H,(H2,11,14). The van der Waals surface area contributed by atoms with Gasteiger partial charge in [-0.2, -0.15) is 0 Å². The highest BCUT2D eigenvalue weighted by Crippen LogP contribution is 2.28. The molecular weight excluding hydrogens is 228 g/mol. The van der Waals surface area contributed by atoms with Crippen LogP contribution in [0.15, 0.2) is 18.2 Å². The Balaban J connectivity index is 3.37. The van der Waals surface area contributed by atoms with Gasteiger partial charge in [-0.3, -0.25) is 19.7 Å². The third kappa shape index (κ3) is 2.88. The number of benzene rings is 1. The molecule has 1 aromatic rings. The molecule has 0 saturated carbocycles. The molecule has 0 saturated heterocycles. The number of aromatic hydroxyl groups is 1. The van der Waals surface area contributed by atoms with Crippen LogP contribution in [0.5, 0.6) is 5.75 Å². The minimum atomic E-state index is -0.774. The summed E-state index contributed by atoms with van der Waals surface area (Å²) in [6.45, 7) is 0. The van der Waals surface area contributed by atoms with E-state index in [1.807, 2.05) is 0 Å². The van der Waals surface area contributed by atoms with E-state index in [0.29, 0.717) is 0 Å². The number of phenolic OH excluding ortho intramolecular Hbond substituents is 1. The summed E-state index contributed by atoms with van der Waals surface area (Å²) in [6, 6.07) is 1.96. The molecule has 0 unspecified atom stereocenters. The van der Waals surface area contributed by atoms with Crippen molar-refractivity contribution in [2.75, 3.05) is 0 Å². The van der Waals surface area contributed by atoms with Gasteiger partial charge in [-0.1, -0.05) is 0 Å². The van der Waals surface area contributed by atoms with Crippen molar-refractivity contribution in [1.82, 2.24) is 0 Å². The Morgan fingerprint density at radius 1 is 1.41 bits per heavy atom. The number of nitro groups is 1. The van der Waals surface area contributed by atoms with Gasteiger partial charge in [0.15, 0.2) is 6.29 Å². The van der Waals surface area contributed by atoms with Crippen LogP contribution in [0.2, 0.25) is 0 Å². The molecule has 7 heteroatoms. The number of non-ortho nitro benzene ring substituents is 1. The number of nitro benzene ring substituents is 1. The van der Waals surface area contributed by atoms with Crippen molar-refractivity contribution in [3.8, 4) is 5.75 Å². The van der Waals surface area contributed by atoms with Crippen molar-refractivity contribution < 1.29 is 19.6 Å². The van der Waals surface area contributed by atoms with Crippen molar-refractivity contribution >= 4 is 24.0 Å². The maximum Gasteiger partial charge on any atom is 0.271 e. The summed E-state index contributed by atoms with van der Waals surface area (Å²) in [5, 5.41) is 20.1. The number of carbonyl (C=O) groups excluding carboxylic acids is 2. The predicted molar refractivity (Wildman–Crippen MR) is 58.4 cm³/mol. The molecule has 0 aliphatic carbocycles. The van der Waals surface area contributed by atoms with Crippen LogP contribution in [0, 0.1) is 10.1 Å². The fourth-order valence-corrected chi connectivity index (χ4v) is 1.16. The molecule has 0 atom stereocenters. The molecule has 1 amide bonds. The van der Waals surface area contributed by atoms with Crippen molar-refractivity contribution in [2.24, 2.45) is 5.73 Å². The minimum Gasteiger partial charge on any atom is -0.507 e. The third-order valence-electron chi connectivity index (χ3n) is 1.92. The van der Waals surface area contributed by atoms with Gasteiger partial charge >= 0.3 is 0 Å². The van der Waals surface area contributed by atoms with E-state index >= 15 is 0 Å². The van der Waals surface area contributed by atoms with Crippen LogP contribution in [0.25, 0.3) is 6.08 Å². The lowest BCUT2D eigenvalue weighted by atomic mass is 10.1. The van der Waals surface area contributed by atoms with Gasteiger partial charge < -0.3 is 10.8 Å². The number of primary amides is 1. The van der Waals surface area contributed by atoms with E-state index in [1.54, 1.807) is 0 Å². The second kappa shape index (κ2) is 4.88. The van der Waals surface area contributed by atoms with Crippen LogP contribution in [0.3, 0.4) is 0 Å². The molecule has 0 fully saturated rings. The Morgan fingerprint density at radius 2 is 2.00 bits per heavy atom. The molecule has 0 heterocycles. The van der Waals surface area contributed by atoms with E-state index in [0.717, 1.165) is 24.3 Å². The number of carbonyl (C=O) groups is 2. The summed E-state index contributed by atoms with van der Waals surface area (Å²) in [5.74, 6) is -1.22. The van der Waals surface area contributed by atoms with Gasteiger partial charge in [0.05, 0.1) is 10.5 Å². The molecule has 1 rings (SSSR count). The van der Waals surface area contributed by atoms with Crippen LogP contribution in [-0.4, -0.2) is 22.2 Å². The normalized spacial score (nSPS) is 10.4. The molecule has 88 valence electrons. The number of rotatable bonds is 4. The van der Waals surface area contributed by atoms with E-state index < -0.39 is 16.6 Å². The zero-order chi connectivity index (χ0) is 13.0. The molecule has 0 spiro atoms. The van der Waals surface area contributed by atoms with Gasteiger partial charge in [-0.05, 0) is 6.08 Å². The number of aldehydes is 1. The SMILES string of the molecule is NC(=O)C=Cc1cc([N+](=O)[O-])cc(C=O)c1O. The number of nitrogens with two attached hydrogens (primary N) is 1. The Morgan fingerprint density at radius 3 is 2.47 bits per heavy atom. The summed E-state index contributed by atoms with van der Waals surface area (Å²) in [6.07, 6.45) is 2.30. The first-order valence-electron chi connectivity index (χ1n) is 4.39. The average Bonchev–Trinajstić information content (AvgIpc) is 2.27. The molecule has 0 radical (unpaired) electrons. The van der Waals surface area contributed by atoms with Gasteiger partial charge in [0.2, 0.25) is 5.91 Å². The van der Waals surface area contributed by atoms with Gasteiger partial charge in [0.1, 0.15) is 5.75 Å². The number of hydrogen-bond acceptors (Lipinski definition) is 5. The summed E-state index contributed by atoms with van der Waals surface area (Å²) in [4.78, 5) is 31.0. The second-order valence-electron chi connectivity index (χ2n) is 3.08. The monoisotopic (exact) mass is 236 g/mol. The lowest BCUT2D eigenvalue weighted by Crippen LogP contribution is -2.05. The zero-order valence-electron chi connectivity index (χ0n) is 8.49. The van der Waals surface area contributed by atoms with Crippen LogP contribution in [-0.2, 0) is 4.79 Å². The average molecular weight is 236 g/mol. The van der Waals surface area contributed by atoms with E-state index in [-0.39, 0.29) is 23.1 Å². The lowest BCUT2D eigenvalue weighted by Gasteiger charge is -2.02. The van der Waals surface area contributed by atoms with E-state index in [1.165, 1.54) is 0 Å². The van der Waals surface area contributed by atoms with E-state index in [2.05, 4.69) is 0 Å². The number of nitrogens with zero attached hydrogens (tertiary/aromatic N) is 1. The van der Waals surface area contributed by atoms with Crippen molar-refractivity contribution in [1.29, 1.82) is 0 Å². The molecule has 7 nitrogen and oxygen atoms in total. The Kier molecular flexibility index (Phi) is 3.55. The molecule has 0 bridgehead atoms. The molecule has 0 aliphatic rings. The summed E-state index contributed by atoms with van der Waals surface area (Å²) < 4.78 is 0. The highest BCUT2D eigenvalue weighted by Gasteiger charge is 2.14. The van der Waals surface area contributed by atoms with Gasteiger partial charge in [0.25, 0.3) is 5.69 Å². The Bertz CT molecular complexity index is 522. The van der Waals surface area contributed by atoms with Gasteiger partial charge in [-0.15, -0.1) is 0 Å². The quantitative estimate of drug-likeness (QED) is 0.343. The first-order chi connectivity index (χ1) is 7.95. The third-order valence-corrected chi connectivity index (χ3v) is 1.92. The first-order valence-corrected chi connectivity index (χ1v) is 4.39. The summed E-state index contributed by atoms with van der Waals surface area (Å²) >= 11 is 0. The zero-order valence-corrected chi connectivity index (χ0v) is 8.49. The fraction of sp³-hybridized carbons (Fsp3) is 0. The maximum absolute atomic E-state index is 10.6. The van der Waals surface area contributed by atoms with Crippen molar-refractivity contribution in [3.05, 3.63) is 39.4 Å².